The van der Waals surface area contributed by atoms with Crippen LogP contribution in [0.15, 0.2) is 59.0 Å². The van der Waals surface area contributed by atoms with Gasteiger partial charge in [-0.15, -0.1) is 11.3 Å². The van der Waals surface area contributed by atoms with E-state index in [-0.39, 0.29) is 11.6 Å². The molecular formula is C21H17N3O3S. The number of carbonyl (C=O) groups excluding carboxylic acids is 2. The molecule has 0 atom stereocenters. The van der Waals surface area contributed by atoms with E-state index < -0.39 is 5.92 Å². The van der Waals surface area contributed by atoms with Gasteiger partial charge in [0, 0.05) is 22.1 Å². The van der Waals surface area contributed by atoms with Crippen molar-refractivity contribution in [3.8, 4) is 17.0 Å². The summed E-state index contributed by atoms with van der Waals surface area (Å²) in [5.41, 5.74) is 5.98. The molecule has 7 heteroatoms. The topological polar surface area (TPSA) is 80.6 Å². The number of carbonyl (C=O) groups is 2. The maximum absolute atomic E-state index is 12.5. The van der Waals surface area contributed by atoms with Crippen molar-refractivity contribution in [2.75, 3.05) is 12.5 Å². The van der Waals surface area contributed by atoms with Gasteiger partial charge in [0.25, 0.3) is 0 Å². The van der Waals surface area contributed by atoms with E-state index in [0.717, 1.165) is 17.0 Å². The summed E-state index contributed by atoms with van der Waals surface area (Å²) in [4.78, 5) is 29.6. The van der Waals surface area contributed by atoms with Crippen LogP contribution in [0.4, 0.5) is 5.13 Å². The fourth-order valence-corrected chi connectivity index (χ4v) is 3.80. The number of nitrogens with one attached hydrogen (secondary N) is 1. The van der Waals surface area contributed by atoms with Gasteiger partial charge < -0.3 is 4.74 Å². The number of hydrazone groups is 1. The molecule has 0 aliphatic heterocycles. The molecule has 3 aromatic rings. The highest BCUT2D eigenvalue weighted by molar-refractivity contribution is 7.14. The fraction of sp³-hybridized carbons (Fsp3) is 0.143. The molecule has 0 fully saturated rings. The van der Waals surface area contributed by atoms with E-state index in [1.54, 1.807) is 38.3 Å². The molecule has 0 unspecified atom stereocenters. The minimum atomic E-state index is -0.870. The lowest BCUT2D eigenvalue weighted by Crippen LogP contribution is -2.24. The summed E-state index contributed by atoms with van der Waals surface area (Å²) in [6, 6.07) is 14.5. The van der Waals surface area contributed by atoms with E-state index in [0.29, 0.717) is 22.0 Å². The Morgan fingerprint density at radius 1 is 1.07 bits per heavy atom. The average molecular weight is 391 g/mol. The number of hydrogen-bond donors (Lipinski definition) is 1. The predicted molar refractivity (Wildman–Crippen MR) is 109 cm³/mol. The molecule has 6 nitrogen and oxygen atoms in total. The normalized spacial score (nSPS) is 14.3. The van der Waals surface area contributed by atoms with E-state index in [1.807, 2.05) is 29.6 Å². The molecule has 1 heterocycles. The molecule has 4 rings (SSSR count). The SMILES string of the molecule is COc1ccc(-c2csc(N/N=C(\C)C3C(=O)c4ccccc4C3=O)n2)cc1. The van der Waals surface area contributed by atoms with Crippen LogP contribution < -0.4 is 10.2 Å². The lowest BCUT2D eigenvalue weighted by molar-refractivity contribution is 0.0883. The number of anilines is 1. The monoisotopic (exact) mass is 391 g/mol. The number of ether oxygens (including phenoxy) is 1. The fourth-order valence-electron chi connectivity index (χ4n) is 3.14. The van der Waals surface area contributed by atoms with Crippen molar-refractivity contribution >= 4 is 33.7 Å². The number of fused-ring (bicyclic) bond motifs is 1. The predicted octanol–water partition coefficient (Wildman–Crippen LogP) is 4.30. The van der Waals surface area contributed by atoms with Crippen LogP contribution in [0.2, 0.25) is 0 Å². The zero-order valence-corrected chi connectivity index (χ0v) is 16.1. The lowest BCUT2D eigenvalue weighted by atomic mass is 9.99. The Hall–Kier alpha value is -3.32. The van der Waals surface area contributed by atoms with Crippen LogP contribution in [0.5, 0.6) is 5.75 Å². The van der Waals surface area contributed by atoms with Gasteiger partial charge >= 0.3 is 0 Å². The molecule has 28 heavy (non-hydrogen) atoms. The minimum Gasteiger partial charge on any atom is -0.497 e. The zero-order chi connectivity index (χ0) is 19.7. The quantitative estimate of drug-likeness (QED) is 0.398. The summed E-state index contributed by atoms with van der Waals surface area (Å²) < 4.78 is 5.16. The third-order valence-electron chi connectivity index (χ3n) is 4.62. The van der Waals surface area contributed by atoms with Crippen LogP contribution in [0.25, 0.3) is 11.3 Å². The van der Waals surface area contributed by atoms with Gasteiger partial charge in [0.05, 0.1) is 18.5 Å². The Bertz CT molecular complexity index is 1050. The zero-order valence-electron chi connectivity index (χ0n) is 15.3. The van der Waals surface area contributed by atoms with Gasteiger partial charge in [-0.1, -0.05) is 24.3 Å². The first-order valence-electron chi connectivity index (χ1n) is 8.66. The summed E-state index contributed by atoms with van der Waals surface area (Å²) in [5.74, 6) is -0.501. The molecule has 0 spiro atoms. The van der Waals surface area contributed by atoms with Crippen LogP contribution in [0, 0.1) is 5.92 Å². The summed E-state index contributed by atoms with van der Waals surface area (Å²) in [6.45, 7) is 1.68. The van der Waals surface area contributed by atoms with Crippen molar-refractivity contribution in [1.82, 2.24) is 4.98 Å². The van der Waals surface area contributed by atoms with Gasteiger partial charge in [0.15, 0.2) is 11.6 Å². The van der Waals surface area contributed by atoms with Crippen LogP contribution in [0.1, 0.15) is 27.6 Å². The Kier molecular flexibility index (Phi) is 4.75. The maximum atomic E-state index is 12.5. The first kappa shape index (κ1) is 18.1. The minimum absolute atomic E-state index is 0.207. The molecule has 1 N–H and O–H groups in total. The smallest absolute Gasteiger partial charge is 0.203 e. The van der Waals surface area contributed by atoms with Gasteiger partial charge in [-0.3, -0.25) is 15.0 Å². The van der Waals surface area contributed by atoms with Crippen LogP contribution in [-0.2, 0) is 0 Å². The molecule has 1 aliphatic rings. The van der Waals surface area contributed by atoms with Crippen molar-refractivity contribution in [3.63, 3.8) is 0 Å². The lowest BCUT2D eigenvalue weighted by Gasteiger charge is -2.06. The van der Waals surface area contributed by atoms with Gasteiger partial charge in [-0.2, -0.15) is 5.10 Å². The Labute approximate surface area is 165 Å². The number of ketones is 2. The van der Waals surface area contributed by atoms with Crippen molar-refractivity contribution in [1.29, 1.82) is 0 Å². The third kappa shape index (κ3) is 3.20. The van der Waals surface area contributed by atoms with Crippen molar-refractivity contribution in [3.05, 3.63) is 65.0 Å². The Morgan fingerprint density at radius 2 is 1.71 bits per heavy atom. The second kappa shape index (κ2) is 7.36. The number of rotatable bonds is 5. The number of Topliss-reactive ketones (excluding diaryl/α,β-unsaturated/α-hetero) is 2. The maximum Gasteiger partial charge on any atom is 0.203 e. The first-order valence-corrected chi connectivity index (χ1v) is 9.54. The molecule has 0 saturated carbocycles. The molecule has 0 bridgehead atoms. The van der Waals surface area contributed by atoms with Gasteiger partial charge in [0.2, 0.25) is 5.13 Å². The van der Waals surface area contributed by atoms with E-state index in [9.17, 15) is 9.59 Å². The molecule has 2 aromatic carbocycles. The average Bonchev–Trinajstić information content (AvgIpc) is 3.30. The number of aromatic nitrogens is 1. The van der Waals surface area contributed by atoms with Gasteiger partial charge in [0.1, 0.15) is 11.7 Å². The second-order valence-electron chi connectivity index (χ2n) is 6.34. The number of benzene rings is 2. The molecule has 1 aliphatic carbocycles. The van der Waals surface area contributed by atoms with Crippen LogP contribution in [-0.4, -0.2) is 29.4 Å². The largest absolute Gasteiger partial charge is 0.497 e. The van der Waals surface area contributed by atoms with E-state index in [1.165, 1.54) is 11.3 Å². The molecule has 0 amide bonds. The van der Waals surface area contributed by atoms with E-state index in [2.05, 4.69) is 15.5 Å². The number of methoxy groups -OCH3 is 1. The van der Waals surface area contributed by atoms with Gasteiger partial charge in [-0.25, -0.2) is 4.98 Å². The molecule has 0 saturated heterocycles. The number of hydrogen-bond acceptors (Lipinski definition) is 7. The van der Waals surface area contributed by atoms with E-state index >= 15 is 0 Å². The molecular weight excluding hydrogens is 374 g/mol. The summed E-state index contributed by atoms with van der Waals surface area (Å²) in [6.07, 6.45) is 0. The van der Waals surface area contributed by atoms with Crippen LogP contribution in [0.3, 0.4) is 0 Å². The Balaban J connectivity index is 1.50. The number of nitrogens with zero attached hydrogens (tertiary/aromatic N) is 2. The molecule has 1 aromatic heterocycles. The summed E-state index contributed by atoms with van der Waals surface area (Å²) in [7, 11) is 1.62. The summed E-state index contributed by atoms with van der Waals surface area (Å²) >= 11 is 1.40. The van der Waals surface area contributed by atoms with Crippen molar-refractivity contribution < 1.29 is 14.3 Å². The van der Waals surface area contributed by atoms with Crippen LogP contribution >= 0.6 is 11.3 Å². The second-order valence-corrected chi connectivity index (χ2v) is 7.20. The number of thiazole rings is 1. The highest BCUT2D eigenvalue weighted by Crippen LogP contribution is 2.29. The standard InChI is InChI=1S/C21H17N3O3S/c1-12(18-19(25)15-5-3-4-6-16(15)20(18)26)23-24-21-22-17(11-28-21)13-7-9-14(27-2)10-8-13/h3-11,18H,1-2H3,(H,22,24)/b23-12+. The molecule has 140 valence electrons. The highest BCUT2D eigenvalue weighted by Gasteiger charge is 2.40. The third-order valence-corrected chi connectivity index (χ3v) is 5.36. The highest BCUT2D eigenvalue weighted by atomic mass is 32.1. The molecule has 0 radical (unpaired) electrons. The van der Waals surface area contributed by atoms with Crippen molar-refractivity contribution in [2.45, 2.75) is 6.92 Å². The summed E-state index contributed by atoms with van der Waals surface area (Å²) in [5, 5.41) is 6.74. The first-order chi connectivity index (χ1) is 13.6. The van der Waals surface area contributed by atoms with E-state index in [4.69, 9.17) is 4.74 Å². The van der Waals surface area contributed by atoms with Crippen molar-refractivity contribution in [2.24, 2.45) is 11.0 Å². The Morgan fingerprint density at radius 3 is 2.32 bits per heavy atom. The van der Waals surface area contributed by atoms with Gasteiger partial charge in [-0.05, 0) is 31.2 Å².